The van der Waals surface area contributed by atoms with Crippen LogP contribution in [-0.2, 0) is 16.4 Å². The lowest BCUT2D eigenvalue weighted by Gasteiger charge is -2.09. The maximum atomic E-state index is 12.7. The number of H-pyrrole nitrogens is 1. The molecule has 0 aliphatic carbocycles. The minimum Gasteiger partial charge on any atom is -0.481 e. The molecule has 3 rings (SSSR count). The van der Waals surface area contributed by atoms with Gasteiger partial charge < -0.3 is 9.72 Å². The van der Waals surface area contributed by atoms with E-state index >= 15 is 0 Å². The minimum atomic E-state index is -3.92. The number of fused-ring (bicyclic) bond motifs is 1. The van der Waals surface area contributed by atoms with E-state index in [-0.39, 0.29) is 23.1 Å². The van der Waals surface area contributed by atoms with Crippen molar-refractivity contribution in [1.29, 1.82) is 5.26 Å². The molecule has 0 amide bonds. The van der Waals surface area contributed by atoms with E-state index in [0.29, 0.717) is 27.9 Å². The third-order valence-electron chi connectivity index (χ3n) is 3.65. The highest BCUT2D eigenvalue weighted by atomic mass is 35.5. The quantitative estimate of drug-likeness (QED) is 0.666. The first kappa shape index (κ1) is 18.0. The second-order valence-corrected chi connectivity index (χ2v) is 7.42. The Morgan fingerprint density at radius 1 is 1.42 bits per heavy atom. The summed E-state index contributed by atoms with van der Waals surface area (Å²) in [7, 11) is -2.50. The topological polar surface area (TPSA) is 121 Å². The molecule has 0 saturated heterocycles. The van der Waals surface area contributed by atoms with Crippen LogP contribution in [0, 0.1) is 11.3 Å². The first-order chi connectivity index (χ1) is 12.4. The Balaban J connectivity index is 1.93. The van der Waals surface area contributed by atoms with E-state index in [1.807, 2.05) is 6.07 Å². The molecule has 26 heavy (non-hydrogen) atoms. The summed E-state index contributed by atoms with van der Waals surface area (Å²) in [6.45, 7) is 0. The third kappa shape index (κ3) is 3.56. The van der Waals surface area contributed by atoms with E-state index in [2.05, 4.69) is 19.7 Å². The highest BCUT2D eigenvalue weighted by Gasteiger charge is 2.21. The number of aromatic nitrogens is 3. The van der Waals surface area contributed by atoms with Crippen LogP contribution in [0.1, 0.15) is 12.0 Å². The van der Waals surface area contributed by atoms with Crippen molar-refractivity contribution in [3.63, 3.8) is 0 Å². The molecule has 0 spiro atoms. The Labute approximate surface area is 154 Å². The van der Waals surface area contributed by atoms with Gasteiger partial charge in [-0.25, -0.2) is 18.1 Å². The molecule has 0 radical (unpaired) electrons. The summed E-state index contributed by atoms with van der Waals surface area (Å²) in [6.07, 6.45) is 3.51. The summed E-state index contributed by atoms with van der Waals surface area (Å²) >= 11 is 5.92. The number of sulfonamides is 1. The molecule has 2 heterocycles. The van der Waals surface area contributed by atoms with Crippen molar-refractivity contribution in [2.24, 2.45) is 0 Å². The number of rotatable bonds is 6. The van der Waals surface area contributed by atoms with E-state index in [9.17, 15) is 8.42 Å². The van der Waals surface area contributed by atoms with Crippen LogP contribution in [0.3, 0.4) is 0 Å². The van der Waals surface area contributed by atoms with Gasteiger partial charge in [-0.2, -0.15) is 10.2 Å². The van der Waals surface area contributed by atoms with Gasteiger partial charge in [-0.15, -0.1) is 0 Å². The first-order valence-corrected chi connectivity index (χ1v) is 9.37. The predicted molar refractivity (Wildman–Crippen MR) is 96.6 cm³/mol. The summed E-state index contributed by atoms with van der Waals surface area (Å²) in [5.41, 5.74) is 1.22. The van der Waals surface area contributed by atoms with Crippen molar-refractivity contribution in [3.8, 4) is 11.9 Å². The van der Waals surface area contributed by atoms with Gasteiger partial charge in [0.05, 0.1) is 13.2 Å². The number of methoxy groups -OCH3 is 1. The highest BCUT2D eigenvalue weighted by Crippen LogP contribution is 2.27. The van der Waals surface area contributed by atoms with Crippen molar-refractivity contribution in [1.82, 2.24) is 15.0 Å². The fourth-order valence-corrected chi connectivity index (χ4v) is 3.75. The average Bonchev–Trinajstić information content (AvgIpc) is 3.04. The second-order valence-electron chi connectivity index (χ2n) is 5.33. The van der Waals surface area contributed by atoms with E-state index in [0.717, 1.165) is 0 Å². The van der Waals surface area contributed by atoms with Gasteiger partial charge in [0.2, 0.25) is 11.8 Å². The van der Waals surface area contributed by atoms with Gasteiger partial charge in [0.1, 0.15) is 4.90 Å². The second kappa shape index (κ2) is 7.19. The van der Waals surface area contributed by atoms with Gasteiger partial charge in [-0.05, 0) is 24.6 Å². The summed E-state index contributed by atoms with van der Waals surface area (Å²) in [5.74, 6) is 0.101. The third-order valence-corrected chi connectivity index (χ3v) is 5.25. The van der Waals surface area contributed by atoms with Gasteiger partial charge >= 0.3 is 0 Å². The number of ether oxygens (including phenoxy) is 1. The molecule has 0 aliphatic heterocycles. The van der Waals surface area contributed by atoms with E-state index in [1.54, 1.807) is 18.2 Å². The molecule has 2 N–H and O–H groups in total. The van der Waals surface area contributed by atoms with Crippen LogP contribution < -0.4 is 9.46 Å². The molecule has 0 fully saturated rings. The van der Waals surface area contributed by atoms with E-state index < -0.39 is 10.0 Å². The van der Waals surface area contributed by atoms with E-state index in [1.165, 1.54) is 19.5 Å². The molecular weight excluding hydrogens is 378 g/mol. The zero-order valence-corrected chi connectivity index (χ0v) is 15.2. The summed E-state index contributed by atoms with van der Waals surface area (Å²) in [5, 5.41) is 9.67. The van der Waals surface area contributed by atoms with Crippen LogP contribution in [0.2, 0.25) is 5.02 Å². The fraction of sp³-hybridized carbons (Fsp3) is 0.188. The Bertz CT molecular complexity index is 1100. The molecule has 134 valence electrons. The van der Waals surface area contributed by atoms with Gasteiger partial charge in [0.15, 0.2) is 0 Å². The average molecular weight is 392 g/mol. The smallest absolute Gasteiger partial charge is 0.266 e. The maximum absolute atomic E-state index is 12.7. The van der Waals surface area contributed by atoms with Crippen molar-refractivity contribution in [3.05, 3.63) is 41.2 Å². The summed E-state index contributed by atoms with van der Waals surface area (Å²) in [6, 6.07) is 6.89. The lowest BCUT2D eigenvalue weighted by molar-refractivity contribution is 0.392. The van der Waals surface area contributed by atoms with Gasteiger partial charge in [-0.1, -0.05) is 11.6 Å². The van der Waals surface area contributed by atoms with Crippen molar-refractivity contribution < 1.29 is 13.2 Å². The molecule has 0 bridgehead atoms. The van der Waals surface area contributed by atoms with E-state index in [4.69, 9.17) is 21.6 Å². The predicted octanol–water partition coefficient (Wildman–Crippen LogP) is 2.88. The van der Waals surface area contributed by atoms with Crippen LogP contribution in [0.4, 0.5) is 5.95 Å². The number of halogens is 1. The van der Waals surface area contributed by atoms with Crippen molar-refractivity contribution in [2.45, 2.75) is 17.7 Å². The largest absolute Gasteiger partial charge is 0.481 e. The number of aromatic amines is 1. The molecule has 0 aliphatic rings. The molecule has 0 unspecified atom stereocenters. The zero-order chi connectivity index (χ0) is 18.7. The van der Waals surface area contributed by atoms with Crippen LogP contribution in [0.15, 0.2) is 35.5 Å². The molecule has 3 aromatic rings. The normalized spacial score (nSPS) is 11.3. The summed E-state index contributed by atoms with van der Waals surface area (Å²) in [4.78, 5) is 11.0. The standard InChI is InChI=1S/C16H14ClN5O3S/c1-25-15-10(3-2-6-18)8-20-16(21-15)22-26(23,24)14-9-19-13-7-11(17)4-5-12(13)14/h4-5,7-9,19H,2-3H2,1H3,(H,20,21,22). The lowest BCUT2D eigenvalue weighted by atomic mass is 10.2. The Kier molecular flexibility index (Phi) is 4.97. The molecular formula is C16H14ClN5O3S. The Morgan fingerprint density at radius 3 is 2.96 bits per heavy atom. The SMILES string of the molecule is COc1nc(NS(=O)(=O)c2c[nH]c3cc(Cl)ccc23)ncc1CCC#N. The van der Waals surface area contributed by atoms with Gasteiger partial charge in [0, 0.05) is 40.3 Å². The number of hydrogen-bond donors (Lipinski definition) is 2. The first-order valence-electron chi connectivity index (χ1n) is 7.51. The van der Waals surface area contributed by atoms with Gasteiger partial charge in [0.25, 0.3) is 10.0 Å². The van der Waals surface area contributed by atoms with Crippen LogP contribution in [0.25, 0.3) is 10.9 Å². The fourth-order valence-electron chi connectivity index (χ4n) is 2.45. The number of nitrogens with one attached hydrogen (secondary N) is 2. The molecule has 0 saturated carbocycles. The molecule has 10 heteroatoms. The lowest BCUT2D eigenvalue weighted by Crippen LogP contribution is -2.15. The number of aryl methyl sites for hydroxylation is 1. The Hall–Kier alpha value is -2.83. The number of benzene rings is 1. The number of nitrogens with zero attached hydrogens (tertiary/aromatic N) is 3. The summed E-state index contributed by atoms with van der Waals surface area (Å²) < 4.78 is 32.9. The Morgan fingerprint density at radius 2 is 2.23 bits per heavy atom. The van der Waals surface area contributed by atoms with Crippen LogP contribution in [0.5, 0.6) is 5.88 Å². The van der Waals surface area contributed by atoms with Crippen LogP contribution >= 0.6 is 11.6 Å². The number of hydrogen-bond acceptors (Lipinski definition) is 6. The van der Waals surface area contributed by atoms with Gasteiger partial charge in [-0.3, -0.25) is 0 Å². The minimum absolute atomic E-state index is 0.0558. The number of anilines is 1. The van der Waals surface area contributed by atoms with Crippen LogP contribution in [-0.4, -0.2) is 30.5 Å². The molecule has 2 aromatic heterocycles. The van der Waals surface area contributed by atoms with Crippen molar-refractivity contribution >= 4 is 38.5 Å². The van der Waals surface area contributed by atoms with Crippen molar-refractivity contribution in [2.75, 3.05) is 11.8 Å². The zero-order valence-electron chi connectivity index (χ0n) is 13.7. The molecule has 0 atom stereocenters. The molecule has 1 aromatic carbocycles. The maximum Gasteiger partial charge on any atom is 0.266 e. The monoisotopic (exact) mass is 391 g/mol. The number of nitriles is 1. The highest BCUT2D eigenvalue weighted by molar-refractivity contribution is 7.93. The molecule has 8 nitrogen and oxygen atoms in total.